The molecule has 0 spiro atoms. The first kappa shape index (κ1) is 14.5. The van der Waals surface area contributed by atoms with Crippen LogP contribution in [-0.4, -0.2) is 17.5 Å². The smallest absolute Gasteiger partial charge is 0.0673 e. The summed E-state index contributed by atoms with van der Waals surface area (Å²) in [5.74, 6) is 2.55. The summed E-state index contributed by atoms with van der Waals surface area (Å²) in [5, 5.41) is 6.80. The van der Waals surface area contributed by atoms with Gasteiger partial charge in [-0.15, -0.1) is 11.3 Å². The van der Waals surface area contributed by atoms with E-state index >= 15 is 0 Å². The zero-order valence-electron chi connectivity index (χ0n) is 11.2. The lowest BCUT2D eigenvalue weighted by Gasteiger charge is -2.28. The summed E-state index contributed by atoms with van der Waals surface area (Å²) >= 11 is 9.90. The van der Waals surface area contributed by atoms with E-state index < -0.39 is 0 Å². The summed E-state index contributed by atoms with van der Waals surface area (Å²) < 4.78 is 0. The van der Waals surface area contributed by atoms with Gasteiger partial charge in [-0.1, -0.05) is 29.8 Å². The topological polar surface area (TPSA) is 12.0 Å². The third-order valence-corrected chi connectivity index (χ3v) is 5.89. The van der Waals surface area contributed by atoms with Crippen molar-refractivity contribution in [2.45, 2.75) is 24.9 Å². The lowest BCUT2D eigenvalue weighted by Crippen LogP contribution is -2.35. The summed E-state index contributed by atoms with van der Waals surface area (Å²) in [6.45, 7) is 0. The van der Waals surface area contributed by atoms with Crippen LogP contribution in [0.15, 0.2) is 41.8 Å². The maximum absolute atomic E-state index is 6.01. The van der Waals surface area contributed by atoms with Crippen molar-refractivity contribution >= 4 is 34.7 Å². The lowest BCUT2D eigenvalue weighted by atomic mass is 10.0. The second kappa shape index (κ2) is 6.99. The van der Waals surface area contributed by atoms with Crippen molar-refractivity contribution in [2.24, 2.45) is 0 Å². The molecule has 1 saturated heterocycles. The van der Waals surface area contributed by atoms with Crippen molar-refractivity contribution < 1.29 is 0 Å². The maximum Gasteiger partial charge on any atom is 0.0673 e. The van der Waals surface area contributed by atoms with Crippen LogP contribution in [0.5, 0.6) is 0 Å². The highest BCUT2D eigenvalue weighted by molar-refractivity contribution is 7.99. The molecule has 0 aliphatic carbocycles. The van der Waals surface area contributed by atoms with Gasteiger partial charge < -0.3 is 5.32 Å². The minimum atomic E-state index is 0.292. The first-order valence-electron chi connectivity index (χ1n) is 6.95. The Labute approximate surface area is 133 Å². The van der Waals surface area contributed by atoms with E-state index in [-0.39, 0.29) is 0 Å². The van der Waals surface area contributed by atoms with Crippen LogP contribution >= 0.6 is 34.7 Å². The molecule has 2 heterocycles. The summed E-state index contributed by atoms with van der Waals surface area (Å²) in [6.07, 6.45) is 2.53. The molecule has 1 N–H and O–H groups in total. The second-order valence-corrected chi connectivity index (χ2v) is 7.69. The molecular weight excluding hydrogens is 306 g/mol. The van der Waals surface area contributed by atoms with Gasteiger partial charge in [-0.05, 0) is 53.5 Å². The Kier molecular flexibility index (Phi) is 5.05. The number of hydrogen-bond acceptors (Lipinski definition) is 3. The predicted molar refractivity (Wildman–Crippen MR) is 91.1 cm³/mol. The van der Waals surface area contributed by atoms with Crippen molar-refractivity contribution in [3.8, 4) is 0 Å². The van der Waals surface area contributed by atoms with E-state index in [2.05, 4.69) is 46.7 Å². The fourth-order valence-corrected chi connectivity index (χ4v) is 4.60. The summed E-state index contributed by atoms with van der Waals surface area (Å²) in [7, 11) is 0. The molecule has 0 amide bonds. The van der Waals surface area contributed by atoms with Crippen LogP contribution in [0.3, 0.4) is 0 Å². The molecule has 4 heteroatoms. The van der Waals surface area contributed by atoms with E-state index in [1.54, 1.807) is 0 Å². The number of hydrogen-bond donors (Lipinski definition) is 1. The van der Waals surface area contributed by atoms with Gasteiger partial charge in [0.15, 0.2) is 0 Å². The fraction of sp³-hybridized carbons (Fsp3) is 0.375. The van der Waals surface area contributed by atoms with Gasteiger partial charge in [-0.2, -0.15) is 11.8 Å². The van der Waals surface area contributed by atoms with Crippen LogP contribution in [-0.2, 0) is 0 Å². The van der Waals surface area contributed by atoms with Gasteiger partial charge in [0.1, 0.15) is 0 Å². The highest BCUT2D eigenvalue weighted by atomic mass is 35.5. The number of nitrogens with one attached hydrogen (secondary N) is 1. The minimum absolute atomic E-state index is 0.292. The van der Waals surface area contributed by atoms with Crippen molar-refractivity contribution in [1.29, 1.82) is 0 Å². The number of benzene rings is 1. The average molecular weight is 324 g/mol. The Morgan fingerprint density at radius 2 is 1.85 bits per heavy atom. The van der Waals surface area contributed by atoms with Crippen LogP contribution in [0.2, 0.25) is 5.02 Å². The molecule has 3 rings (SSSR count). The van der Waals surface area contributed by atoms with Crippen LogP contribution in [0.4, 0.5) is 0 Å². The highest BCUT2D eigenvalue weighted by Crippen LogP contribution is 2.29. The first-order chi connectivity index (χ1) is 9.83. The van der Waals surface area contributed by atoms with Gasteiger partial charge in [0.2, 0.25) is 0 Å². The molecule has 0 radical (unpaired) electrons. The van der Waals surface area contributed by atoms with Crippen LogP contribution in [0.25, 0.3) is 0 Å². The standard InChI is InChI=1S/C16H18ClNS2/c17-13-5-3-12(4-6-13)16(15-2-1-9-20-15)18-14-7-10-19-11-8-14/h1-6,9,14,16,18H,7-8,10-11H2. The molecule has 1 aliphatic heterocycles. The molecule has 20 heavy (non-hydrogen) atoms. The predicted octanol–water partition coefficient (Wildman–Crippen LogP) is 4.98. The summed E-state index contributed by atoms with van der Waals surface area (Å²) in [4.78, 5) is 1.38. The van der Waals surface area contributed by atoms with Gasteiger partial charge >= 0.3 is 0 Å². The maximum atomic E-state index is 6.01. The largest absolute Gasteiger partial charge is 0.303 e. The van der Waals surface area contributed by atoms with Crippen molar-refractivity contribution in [1.82, 2.24) is 5.32 Å². The quantitative estimate of drug-likeness (QED) is 0.852. The summed E-state index contributed by atoms with van der Waals surface area (Å²) in [5.41, 5.74) is 1.30. The molecule has 1 aliphatic rings. The van der Waals surface area contributed by atoms with E-state index in [1.165, 1.54) is 34.8 Å². The molecule has 1 aromatic carbocycles. The number of thiophene rings is 1. The molecular formula is C16H18ClNS2. The van der Waals surface area contributed by atoms with Crippen molar-refractivity contribution in [3.63, 3.8) is 0 Å². The normalized spacial score (nSPS) is 18.1. The third-order valence-electron chi connectivity index (χ3n) is 3.65. The molecule has 1 unspecified atom stereocenters. The Balaban J connectivity index is 1.82. The Morgan fingerprint density at radius 3 is 2.50 bits per heavy atom. The molecule has 1 fully saturated rings. The minimum Gasteiger partial charge on any atom is -0.303 e. The molecule has 0 bridgehead atoms. The Bertz CT molecular complexity index is 518. The number of rotatable bonds is 4. The Morgan fingerprint density at radius 1 is 1.10 bits per heavy atom. The van der Waals surface area contributed by atoms with Gasteiger partial charge in [0.25, 0.3) is 0 Å². The zero-order valence-corrected chi connectivity index (χ0v) is 13.6. The average Bonchev–Trinajstić information content (AvgIpc) is 3.01. The fourth-order valence-electron chi connectivity index (χ4n) is 2.55. The number of halogens is 1. The molecule has 1 nitrogen and oxygen atoms in total. The third kappa shape index (κ3) is 3.59. The second-order valence-electron chi connectivity index (χ2n) is 5.05. The first-order valence-corrected chi connectivity index (χ1v) is 9.37. The SMILES string of the molecule is Clc1ccc(C(NC2CCSCC2)c2cccs2)cc1. The van der Waals surface area contributed by atoms with E-state index in [0.29, 0.717) is 12.1 Å². The Hall–Kier alpha value is -0.480. The van der Waals surface area contributed by atoms with Crippen molar-refractivity contribution in [2.75, 3.05) is 11.5 Å². The van der Waals surface area contributed by atoms with Gasteiger partial charge in [0, 0.05) is 15.9 Å². The van der Waals surface area contributed by atoms with E-state index in [4.69, 9.17) is 11.6 Å². The highest BCUT2D eigenvalue weighted by Gasteiger charge is 2.21. The molecule has 106 valence electrons. The van der Waals surface area contributed by atoms with E-state index in [1.807, 2.05) is 23.5 Å². The van der Waals surface area contributed by atoms with Gasteiger partial charge in [-0.3, -0.25) is 0 Å². The van der Waals surface area contributed by atoms with Gasteiger partial charge in [-0.25, -0.2) is 0 Å². The van der Waals surface area contributed by atoms with E-state index in [9.17, 15) is 0 Å². The lowest BCUT2D eigenvalue weighted by molar-refractivity contribution is 0.449. The molecule has 1 atom stereocenters. The van der Waals surface area contributed by atoms with Crippen molar-refractivity contribution in [3.05, 3.63) is 57.2 Å². The summed E-state index contributed by atoms with van der Waals surface area (Å²) in [6, 6.07) is 13.5. The number of thioether (sulfide) groups is 1. The van der Waals surface area contributed by atoms with Crippen LogP contribution in [0.1, 0.15) is 29.3 Å². The molecule has 1 aromatic heterocycles. The van der Waals surface area contributed by atoms with Gasteiger partial charge in [0.05, 0.1) is 6.04 Å². The molecule has 2 aromatic rings. The molecule has 0 saturated carbocycles. The van der Waals surface area contributed by atoms with Crippen LogP contribution in [0, 0.1) is 0 Å². The van der Waals surface area contributed by atoms with Crippen LogP contribution < -0.4 is 5.32 Å². The monoisotopic (exact) mass is 323 g/mol. The van der Waals surface area contributed by atoms with E-state index in [0.717, 1.165) is 5.02 Å². The zero-order chi connectivity index (χ0) is 13.8.